The summed E-state index contributed by atoms with van der Waals surface area (Å²) in [5.74, 6) is -0.396. The van der Waals surface area contributed by atoms with Gasteiger partial charge in [0.05, 0.1) is 21.7 Å². The number of nitrogens with one attached hydrogen (secondary N) is 2. The predicted octanol–water partition coefficient (Wildman–Crippen LogP) is 3.84. The topological polar surface area (TPSA) is 61.4 Å². The van der Waals surface area contributed by atoms with Crippen molar-refractivity contribution in [3.8, 4) is 0 Å². The van der Waals surface area contributed by atoms with Crippen LogP contribution >= 0.6 is 23.2 Å². The van der Waals surface area contributed by atoms with Crippen LogP contribution in [0, 0.1) is 10.8 Å². The SMILES string of the molecule is CC(C)(C)[C@H](O)C[C@@]1(CNC(=O)c2cccc(Cl)c2Cl)CCNC[C@H]1F. The smallest absolute Gasteiger partial charge is 0.252 e. The Balaban J connectivity index is 2.17. The molecule has 4 nitrogen and oxygen atoms in total. The fourth-order valence-electron chi connectivity index (χ4n) is 3.16. The molecule has 1 aromatic rings. The first-order valence-corrected chi connectivity index (χ1v) is 9.57. The zero-order valence-corrected chi connectivity index (χ0v) is 16.9. The first-order chi connectivity index (χ1) is 12.1. The van der Waals surface area contributed by atoms with E-state index >= 15 is 0 Å². The van der Waals surface area contributed by atoms with Crippen LogP contribution in [0.2, 0.25) is 10.0 Å². The van der Waals surface area contributed by atoms with E-state index in [1.807, 2.05) is 20.8 Å². The van der Waals surface area contributed by atoms with Crippen molar-refractivity contribution in [3.63, 3.8) is 0 Å². The van der Waals surface area contributed by atoms with Crippen molar-refractivity contribution in [1.82, 2.24) is 10.6 Å². The van der Waals surface area contributed by atoms with Gasteiger partial charge in [-0.3, -0.25) is 4.79 Å². The van der Waals surface area contributed by atoms with Gasteiger partial charge in [0.2, 0.25) is 0 Å². The van der Waals surface area contributed by atoms with Crippen molar-refractivity contribution in [1.29, 1.82) is 0 Å². The monoisotopic (exact) mass is 404 g/mol. The van der Waals surface area contributed by atoms with Gasteiger partial charge in [-0.2, -0.15) is 0 Å². The first-order valence-electron chi connectivity index (χ1n) is 8.82. The molecule has 3 atom stereocenters. The Morgan fingerprint density at radius 2 is 2.15 bits per heavy atom. The lowest BCUT2D eigenvalue weighted by molar-refractivity contribution is -0.0277. The van der Waals surface area contributed by atoms with Crippen LogP contribution in [-0.4, -0.2) is 42.9 Å². The second-order valence-electron chi connectivity index (χ2n) is 8.15. The highest BCUT2D eigenvalue weighted by Gasteiger charge is 2.44. The molecule has 1 aliphatic heterocycles. The predicted molar refractivity (Wildman–Crippen MR) is 104 cm³/mol. The number of aliphatic hydroxyl groups excluding tert-OH is 1. The Hall–Kier alpha value is -0.880. The van der Waals surface area contributed by atoms with Gasteiger partial charge in [-0.25, -0.2) is 4.39 Å². The van der Waals surface area contributed by atoms with E-state index in [0.717, 1.165) is 0 Å². The summed E-state index contributed by atoms with van der Waals surface area (Å²) in [5, 5.41) is 16.9. The zero-order valence-electron chi connectivity index (χ0n) is 15.4. The van der Waals surface area contributed by atoms with Crippen molar-refractivity contribution < 1.29 is 14.3 Å². The van der Waals surface area contributed by atoms with Crippen LogP contribution in [0.4, 0.5) is 4.39 Å². The van der Waals surface area contributed by atoms with E-state index < -0.39 is 23.6 Å². The third kappa shape index (κ3) is 4.89. The number of alkyl halides is 1. The Kier molecular flexibility index (Phi) is 6.94. The van der Waals surface area contributed by atoms with Gasteiger partial charge in [0, 0.05) is 18.5 Å². The number of hydrogen-bond acceptors (Lipinski definition) is 3. The summed E-state index contributed by atoms with van der Waals surface area (Å²) in [5.41, 5.74) is -0.925. The summed E-state index contributed by atoms with van der Waals surface area (Å²) in [6.07, 6.45) is -1.03. The van der Waals surface area contributed by atoms with E-state index in [9.17, 15) is 14.3 Å². The third-order valence-electron chi connectivity index (χ3n) is 5.18. The molecule has 1 heterocycles. The number of benzene rings is 1. The Morgan fingerprint density at radius 3 is 2.77 bits per heavy atom. The van der Waals surface area contributed by atoms with Crippen LogP contribution in [0.1, 0.15) is 44.0 Å². The van der Waals surface area contributed by atoms with Gasteiger partial charge in [0.15, 0.2) is 0 Å². The number of piperidine rings is 1. The highest BCUT2D eigenvalue weighted by atomic mass is 35.5. The van der Waals surface area contributed by atoms with Crippen molar-refractivity contribution in [2.24, 2.45) is 10.8 Å². The highest BCUT2D eigenvalue weighted by molar-refractivity contribution is 6.43. The van der Waals surface area contributed by atoms with Crippen LogP contribution in [0.15, 0.2) is 18.2 Å². The second-order valence-corrected chi connectivity index (χ2v) is 8.94. The minimum absolute atomic E-state index is 0.130. The molecule has 146 valence electrons. The minimum atomic E-state index is -1.16. The number of amides is 1. The maximum atomic E-state index is 14.9. The highest BCUT2D eigenvalue weighted by Crippen LogP contribution is 2.39. The lowest BCUT2D eigenvalue weighted by Crippen LogP contribution is -2.54. The van der Waals surface area contributed by atoms with Gasteiger partial charge >= 0.3 is 0 Å². The molecule has 7 heteroatoms. The molecule has 0 radical (unpaired) electrons. The molecule has 1 aliphatic rings. The molecular formula is C19H27Cl2FN2O2. The lowest BCUT2D eigenvalue weighted by Gasteiger charge is -2.44. The maximum Gasteiger partial charge on any atom is 0.252 e. The van der Waals surface area contributed by atoms with E-state index in [1.54, 1.807) is 18.2 Å². The fraction of sp³-hybridized carbons (Fsp3) is 0.632. The molecule has 0 aromatic heterocycles. The number of carbonyl (C=O) groups is 1. The summed E-state index contributed by atoms with van der Waals surface area (Å²) >= 11 is 12.1. The van der Waals surface area contributed by atoms with Gasteiger partial charge in [0.1, 0.15) is 6.17 Å². The average Bonchev–Trinajstić information content (AvgIpc) is 2.57. The lowest BCUT2D eigenvalue weighted by atomic mass is 9.69. The molecule has 0 aliphatic carbocycles. The van der Waals surface area contributed by atoms with Gasteiger partial charge in [-0.15, -0.1) is 0 Å². The molecular weight excluding hydrogens is 378 g/mol. The molecule has 0 unspecified atom stereocenters. The largest absolute Gasteiger partial charge is 0.393 e. The number of carbonyl (C=O) groups excluding carboxylic acids is 1. The summed E-state index contributed by atoms with van der Waals surface area (Å²) in [6, 6.07) is 4.83. The van der Waals surface area contributed by atoms with E-state index in [-0.39, 0.29) is 35.5 Å². The molecule has 0 spiro atoms. The number of aliphatic hydroxyl groups is 1. The quantitative estimate of drug-likeness (QED) is 0.698. The van der Waals surface area contributed by atoms with Crippen molar-refractivity contribution >= 4 is 29.1 Å². The number of hydrogen-bond donors (Lipinski definition) is 3. The third-order valence-corrected chi connectivity index (χ3v) is 6.00. The Bertz CT molecular complexity index is 651. The first kappa shape index (κ1) is 21.4. The van der Waals surface area contributed by atoms with E-state index in [0.29, 0.717) is 18.0 Å². The van der Waals surface area contributed by atoms with E-state index in [1.165, 1.54) is 0 Å². The van der Waals surface area contributed by atoms with Gasteiger partial charge in [0.25, 0.3) is 5.91 Å². The zero-order chi connectivity index (χ0) is 19.5. The second kappa shape index (κ2) is 8.42. The molecule has 1 saturated heterocycles. The average molecular weight is 405 g/mol. The van der Waals surface area contributed by atoms with Gasteiger partial charge in [-0.1, -0.05) is 50.0 Å². The molecule has 2 rings (SSSR count). The van der Waals surface area contributed by atoms with Gasteiger partial charge < -0.3 is 15.7 Å². The standard InChI is InChI=1S/C19H27Cl2FN2O2/c1-18(2,3)15(25)9-19(7-8-23-10-14(19)22)11-24-17(26)12-5-4-6-13(20)16(12)21/h4-6,14-15,23,25H,7-11H2,1-3H3,(H,24,26)/t14-,15-,19-/m1/s1. The number of halogens is 3. The van der Waals surface area contributed by atoms with Crippen LogP contribution in [0.3, 0.4) is 0 Å². The fourth-order valence-corrected chi connectivity index (χ4v) is 3.55. The molecule has 0 saturated carbocycles. The van der Waals surface area contributed by atoms with Crippen molar-refractivity contribution in [3.05, 3.63) is 33.8 Å². The maximum absolute atomic E-state index is 14.9. The molecule has 0 bridgehead atoms. The molecule has 26 heavy (non-hydrogen) atoms. The van der Waals surface area contributed by atoms with Crippen LogP contribution in [0.5, 0.6) is 0 Å². The molecule has 1 aromatic carbocycles. The van der Waals surface area contributed by atoms with Gasteiger partial charge in [-0.05, 0) is 36.9 Å². The van der Waals surface area contributed by atoms with Crippen molar-refractivity contribution in [2.75, 3.05) is 19.6 Å². The Morgan fingerprint density at radius 1 is 1.46 bits per heavy atom. The summed E-state index contributed by atoms with van der Waals surface area (Å²) in [7, 11) is 0. The molecule has 1 fully saturated rings. The number of rotatable bonds is 5. The summed E-state index contributed by atoms with van der Waals surface area (Å²) < 4.78 is 14.9. The summed E-state index contributed by atoms with van der Waals surface area (Å²) in [4.78, 5) is 12.5. The van der Waals surface area contributed by atoms with Crippen LogP contribution in [0.25, 0.3) is 0 Å². The van der Waals surface area contributed by atoms with E-state index in [4.69, 9.17) is 23.2 Å². The van der Waals surface area contributed by atoms with Crippen molar-refractivity contribution in [2.45, 2.75) is 45.9 Å². The normalized spacial score (nSPS) is 25.0. The molecule has 1 amide bonds. The van der Waals surface area contributed by atoms with E-state index in [2.05, 4.69) is 10.6 Å². The van der Waals surface area contributed by atoms with Crippen LogP contribution < -0.4 is 10.6 Å². The van der Waals surface area contributed by atoms with Crippen LogP contribution in [-0.2, 0) is 0 Å². The minimum Gasteiger partial charge on any atom is -0.393 e. The Labute approximate surface area is 164 Å². The summed E-state index contributed by atoms with van der Waals surface area (Å²) in [6.45, 7) is 6.75. The molecule has 3 N–H and O–H groups in total.